The van der Waals surface area contributed by atoms with Gasteiger partial charge >= 0.3 is 0 Å². The summed E-state index contributed by atoms with van der Waals surface area (Å²) in [4.78, 5) is 23.9. The third kappa shape index (κ3) is 5.09. The highest BCUT2D eigenvalue weighted by Gasteiger charge is 2.17. The van der Waals surface area contributed by atoms with Crippen molar-refractivity contribution < 1.29 is 18.5 Å². The normalized spacial score (nSPS) is 11.8. The van der Waals surface area contributed by atoms with Crippen molar-refractivity contribution in [1.82, 2.24) is 5.16 Å². The van der Waals surface area contributed by atoms with E-state index < -0.39 is 5.25 Å². The molecule has 0 radical (unpaired) electrons. The monoisotopic (exact) mass is 351 g/mol. The number of hydrogen-bond donors (Lipinski definition) is 2. The van der Waals surface area contributed by atoms with Gasteiger partial charge < -0.3 is 15.2 Å². The number of rotatable bonds is 6. The highest BCUT2D eigenvalue weighted by Crippen LogP contribution is 2.17. The number of amides is 2. The van der Waals surface area contributed by atoms with Gasteiger partial charge in [-0.2, -0.15) is 0 Å². The number of benzene rings is 1. The first kappa shape index (κ1) is 18.0. The molecular formula is C16H18FN3O3S. The number of aryl methyl sites for hydroxylation is 2. The van der Waals surface area contributed by atoms with Crippen LogP contribution in [0.5, 0.6) is 0 Å². The maximum absolute atomic E-state index is 13.4. The van der Waals surface area contributed by atoms with Gasteiger partial charge in [0.1, 0.15) is 11.6 Å². The number of halogens is 1. The summed E-state index contributed by atoms with van der Waals surface area (Å²) in [6.07, 6.45) is 0. The maximum Gasteiger partial charge on any atom is 0.238 e. The van der Waals surface area contributed by atoms with Crippen LogP contribution in [0.4, 0.5) is 15.9 Å². The Labute approximate surface area is 143 Å². The van der Waals surface area contributed by atoms with E-state index in [4.69, 9.17) is 4.52 Å². The van der Waals surface area contributed by atoms with Crippen LogP contribution in [0.15, 0.2) is 28.8 Å². The topological polar surface area (TPSA) is 84.2 Å². The molecule has 1 heterocycles. The fourth-order valence-corrected chi connectivity index (χ4v) is 2.48. The number of nitrogens with one attached hydrogen (secondary N) is 2. The molecule has 0 fully saturated rings. The smallest absolute Gasteiger partial charge is 0.238 e. The molecule has 2 aromatic rings. The fourth-order valence-electron chi connectivity index (χ4n) is 1.80. The van der Waals surface area contributed by atoms with Crippen LogP contribution in [-0.4, -0.2) is 28.0 Å². The van der Waals surface area contributed by atoms with Crippen molar-refractivity contribution in [3.8, 4) is 0 Å². The Morgan fingerprint density at radius 2 is 2.04 bits per heavy atom. The summed E-state index contributed by atoms with van der Waals surface area (Å²) in [6.45, 7) is 5.05. The zero-order valence-corrected chi connectivity index (χ0v) is 14.4. The molecule has 0 saturated carbocycles. The maximum atomic E-state index is 13.4. The summed E-state index contributed by atoms with van der Waals surface area (Å²) in [7, 11) is 0. The molecule has 0 saturated heterocycles. The van der Waals surface area contributed by atoms with Gasteiger partial charge in [0.05, 0.1) is 11.0 Å². The molecule has 1 aromatic carbocycles. The van der Waals surface area contributed by atoms with Crippen LogP contribution in [0.3, 0.4) is 0 Å². The van der Waals surface area contributed by atoms with E-state index in [2.05, 4.69) is 15.8 Å². The minimum atomic E-state index is -0.456. The van der Waals surface area contributed by atoms with Crippen LogP contribution in [0.1, 0.15) is 18.2 Å². The largest absolute Gasteiger partial charge is 0.360 e. The van der Waals surface area contributed by atoms with E-state index in [-0.39, 0.29) is 23.4 Å². The number of anilines is 2. The average Bonchev–Trinajstić information content (AvgIpc) is 2.93. The van der Waals surface area contributed by atoms with Crippen LogP contribution < -0.4 is 10.6 Å². The summed E-state index contributed by atoms with van der Waals surface area (Å²) in [5, 5.41) is 8.42. The number of carbonyl (C=O) groups is 2. The van der Waals surface area contributed by atoms with Gasteiger partial charge in [-0.1, -0.05) is 11.2 Å². The van der Waals surface area contributed by atoms with E-state index in [1.807, 2.05) is 0 Å². The first-order valence-electron chi connectivity index (χ1n) is 7.27. The summed E-state index contributed by atoms with van der Waals surface area (Å²) >= 11 is 1.17. The zero-order valence-electron chi connectivity index (χ0n) is 13.6. The van der Waals surface area contributed by atoms with Gasteiger partial charge in [-0.05, 0) is 38.5 Å². The molecule has 0 spiro atoms. The van der Waals surface area contributed by atoms with Gasteiger partial charge in [0.25, 0.3) is 0 Å². The van der Waals surface area contributed by atoms with E-state index in [0.29, 0.717) is 22.8 Å². The Balaban J connectivity index is 1.79. The molecule has 1 unspecified atom stereocenters. The molecule has 0 aliphatic carbocycles. The predicted octanol–water partition coefficient (Wildman–Crippen LogP) is 3.13. The number of hydrogen-bond acceptors (Lipinski definition) is 5. The Bertz CT molecular complexity index is 748. The predicted molar refractivity (Wildman–Crippen MR) is 91.6 cm³/mol. The van der Waals surface area contributed by atoms with Crippen LogP contribution in [0, 0.1) is 19.7 Å². The lowest BCUT2D eigenvalue weighted by molar-refractivity contribution is -0.115. The third-order valence-corrected chi connectivity index (χ3v) is 4.31. The minimum absolute atomic E-state index is 0.0714. The molecule has 0 aliphatic rings. The Kier molecular flexibility index (Phi) is 5.97. The molecule has 6 nitrogen and oxygen atoms in total. The van der Waals surface area contributed by atoms with E-state index in [0.717, 1.165) is 0 Å². The Hall–Kier alpha value is -2.35. The van der Waals surface area contributed by atoms with Crippen LogP contribution in [-0.2, 0) is 9.59 Å². The van der Waals surface area contributed by atoms with Crippen molar-refractivity contribution in [3.05, 3.63) is 41.4 Å². The number of nitrogens with zero attached hydrogens (tertiary/aromatic N) is 1. The zero-order chi connectivity index (χ0) is 17.7. The summed E-state index contributed by atoms with van der Waals surface area (Å²) in [5.41, 5.74) is 0.898. The Morgan fingerprint density at radius 1 is 1.29 bits per heavy atom. The van der Waals surface area contributed by atoms with Crippen molar-refractivity contribution in [2.45, 2.75) is 26.0 Å². The van der Waals surface area contributed by atoms with Crippen LogP contribution in [0.25, 0.3) is 0 Å². The first-order valence-corrected chi connectivity index (χ1v) is 8.32. The fraction of sp³-hybridized carbons (Fsp3) is 0.312. The van der Waals surface area contributed by atoms with Gasteiger partial charge in [-0.15, -0.1) is 11.8 Å². The summed E-state index contributed by atoms with van der Waals surface area (Å²) in [6, 6.07) is 6.09. The average molecular weight is 351 g/mol. The van der Waals surface area contributed by atoms with E-state index in [9.17, 15) is 14.0 Å². The summed E-state index contributed by atoms with van der Waals surface area (Å²) < 4.78 is 18.3. The molecular weight excluding hydrogens is 333 g/mol. The highest BCUT2D eigenvalue weighted by molar-refractivity contribution is 8.01. The molecule has 24 heavy (non-hydrogen) atoms. The third-order valence-electron chi connectivity index (χ3n) is 3.17. The second-order valence-electron chi connectivity index (χ2n) is 5.28. The quantitative estimate of drug-likeness (QED) is 0.835. The van der Waals surface area contributed by atoms with Crippen LogP contribution in [0.2, 0.25) is 0 Å². The van der Waals surface area contributed by atoms with Gasteiger partial charge in [-0.3, -0.25) is 9.59 Å². The molecule has 2 rings (SSSR count). The molecule has 8 heteroatoms. The highest BCUT2D eigenvalue weighted by atomic mass is 32.2. The molecule has 1 atom stereocenters. The van der Waals surface area contributed by atoms with Crippen molar-refractivity contribution in [2.75, 3.05) is 16.4 Å². The lowest BCUT2D eigenvalue weighted by Gasteiger charge is -2.11. The number of thioether (sulfide) groups is 1. The molecule has 1 aromatic heterocycles. The van der Waals surface area contributed by atoms with Gasteiger partial charge in [0.2, 0.25) is 11.8 Å². The molecule has 2 amide bonds. The Morgan fingerprint density at radius 3 is 2.67 bits per heavy atom. The lowest BCUT2D eigenvalue weighted by atomic mass is 10.2. The first-order chi connectivity index (χ1) is 11.3. The van der Waals surface area contributed by atoms with E-state index in [1.54, 1.807) is 39.0 Å². The van der Waals surface area contributed by atoms with E-state index in [1.165, 1.54) is 17.8 Å². The van der Waals surface area contributed by atoms with Gasteiger partial charge in [0, 0.05) is 11.8 Å². The SMILES string of the molecule is Cc1cc(NC(=O)C(C)SCC(=O)Nc2ccc(C)c(F)c2)no1. The van der Waals surface area contributed by atoms with Crippen molar-refractivity contribution in [2.24, 2.45) is 0 Å². The summed E-state index contributed by atoms with van der Waals surface area (Å²) in [5.74, 6) is 0.0423. The minimum Gasteiger partial charge on any atom is -0.360 e. The second-order valence-corrected chi connectivity index (χ2v) is 6.61. The van der Waals surface area contributed by atoms with Crippen molar-refractivity contribution in [1.29, 1.82) is 0 Å². The van der Waals surface area contributed by atoms with E-state index >= 15 is 0 Å². The molecule has 0 aliphatic heterocycles. The lowest BCUT2D eigenvalue weighted by Crippen LogP contribution is -2.25. The van der Waals surface area contributed by atoms with Crippen molar-refractivity contribution >= 4 is 35.1 Å². The van der Waals surface area contributed by atoms with Gasteiger partial charge in [-0.25, -0.2) is 4.39 Å². The molecule has 2 N–H and O–H groups in total. The van der Waals surface area contributed by atoms with Gasteiger partial charge in [0.15, 0.2) is 5.82 Å². The second kappa shape index (κ2) is 7.96. The number of carbonyl (C=O) groups excluding carboxylic acids is 2. The van der Waals surface area contributed by atoms with Crippen LogP contribution >= 0.6 is 11.8 Å². The van der Waals surface area contributed by atoms with Crippen molar-refractivity contribution in [3.63, 3.8) is 0 Å². The molecule has 128 valence electrons. The number of aromatic nitrogens is 1. The molecule has 0 bridgehead atoms. The standard InChI is InChI=1S/C16H18FN3O3S/c1-9-4-5-12(7-13(9)17)18-15(21)8-24-11(3)16(22)19-14-6-10(2)23-20-14/h4-7,11H,8H2,1-3H3,(H,18,21)(H,19,20,22).